The largest absolute Gasteiger partial charge is 0.496 e. The Morgan fingerprint density at radius 3 is 2.33 bits per heavy atom. The molecule has 1 aromatic heterocycles. The molecule has 1 heterocycles. The van der Waals surface area contributed by atoms with Crippen molar-refractivity contribution in [3.63, 3.8) is 0 Å². The third-order valence-corrected chi connectivity index (χ3v) is 6.68. The predicted octanol–water partition coefficient (Wildman–Crippen LogP) is 5.50. The van der Waals surface area contributed by atoms with E-state index in [0.717, 1.165) is 27.8 Å². The lowest BCUT2D eigenvalue weighted by molar-refractivity contribution is 0.102. The van der Waals surface area contributed by atoms with Crippen LogP contribution in [0.4, 0.5) is 14.9 Å². The van der Waals surface area contributed by atoms with Crippen molar-refractivity contribution in [3.8, 4) is 28.0 Å². The summed E-state index contributed by atoms with van der Waals surface area (Å²) in [4.78, 5) is 36.2. The number of amides is 2. The fraction of sp³-hybridized carbons (Fsp3) is 0.167. The molecule has 0 saturated carbocycles. The summed E-state index contributed by atoms with van der Waals surface area (Å²) in [7, 11) is 2.99. The lowest BCUT2D eigenvalue weighted by Crippen LogP contribution is -2.27. The van der Waals surface area contributed by atoms with E-state index in [1.165, 1.54) is 23.8 Å². The lowest BCUT2D eigenvalue weighted by atomic mass is 9.90. The number of carbonyl (C=O) groups is 2. The Balaban J connectivity index is 1.72. The molecule has 0 aliphatic heterocycles. The SMILES string of the molecule is COc1cc(-c2cccc(-c3cccc(NC(=O)c4cccn(C)c4=O)c3C)c2C)cc(F)c1CNC(=O)O. The summed E-state index contributed by atoms with van der Waals surface area (Å²) < 4.78 is 21.8. The average Bonchev–Trinajstić information content (AvgIpc) is 2.90. The van der Waals surface area contributed by atoms with Crippen LogP contribution in [0.5, 0.6) is 5.75 Å². The topological polar surface area (TPSA) is 110 Å². The van der Waals surface area contributed by atoms with E-state index in [4.69, 9.17) is 9.84 Å². The maximum absolute atomic E-state index is 15.0. The second-order valence-corrected chi connectivity index (χ2v) is 9.05. The lowest BCUT2D eigenvalue weighted by Gasteiger charge is -2.18. The fourth-order valence-electron chi connectivity index (χ4n) is 4.55. The van der Waals surface area contributed by atoms with Crippen LogP contribution in [0.25, 0.3) is 22.3 Å². The summed E-state index contributed by atoms with van der Waals surface area (Å²) in [5.41, 5.74) is 5.10. The summed E-state index contributed by atoms with van der Waals surface area (Å²) in [6.45, 7) is 3.58. The number of nitrogens with one attached hydrogen (secondary N) is 2. The number of anilines is 1. The first-order valence-electron chi connectivity index (χ1n) is 12.1. The molecular formula is C30H28FN3O5. The zero-order valence-electron chi connectivity index (χ0n) is 22.0. The van der Waals surface area contributed by atoms with Gasteiger partial charge in [0.05, 0.1) is 13.7 Å². The van der Waals surface area contributed by atoms with E-state index in [1.807, 2.05) is 44.2 Å². The summed E-state index contributed by atoms with van der Waals surface area (Å²) in [5.74, 6) is -0.852. The highest BCUT2D eigenvalue weighted by atomic mass is 19.1. The molecule has 200 valence electrons. The van der Waals surface area contributed by atoms with Gasteiger partial charge in [-0.2, -0.15) is 0 Å². The average molecular weight is 530 g/mol. The van der Waals surface area contributed by atoms with Gasteiger partial charge in [0.15, 0.2) is 0 Å². The Kier molecular flexibility index (Phi) is 7.80. The first kappa shape index (κ1) is 27.1. The summed E-state index contributed by atoms with van der Waals surface area (Å²) in [6, 6.07) is 17.4. The Morgan fingerprint density at radius 2 is 1.64 bits per heavy atom. The van der Waals surface area contributed by atoms with Gasteiger partial charge in [-0.1, -0.05) is 30.3 Å². The summed E-state index contributed by atoms with van der Waals surface area (Å²) >= 11 is 0. The van der Waals surface area contributed by atoms with Crippen LogP contribution in [0, 0.1) is 19.7 Å². The molecular weight excluding hydrogens is 501 g/mol. The van der Waals surface area contributed by atoms with Crippen LogP contribution in [0.2, 0.25) is 0 Å². The Labute approximate surface area is 224 Å². The molecule has 0 aliphatic carbocycles. The summed E-state index contributed by atoms with van der Waals surface area (Å²) in [6.07, 6.45) is 0.326. The molecule has 9 heteroatoms. The molecule has 0 atom stereocenters. The van der Waals surface area contributed by atoms with Gasteiger partial charge in [0.25, 0.3) is 11.5 Å². The van der Waals surface area contributed by atoms with Crippen molar-refractivity contribution in [3.05, 3.63) is 105 Å². The first-order chi connectivity index (χ1) is 18.6. The van der Waals surface area contributed by atoms with E-state index in [0.29, 0.717) is 11.3 Å². The van der Waals surface area contributed by atoms with Gasteiger partial charge in [0, 0.05) is 24.5 Å². The highest BCUT2D eigenvalue weighted by molar-refractivity contribution is 6.05. The molecule has 39 heavy (non-hydrogen) atoms. The quantitative estimate of drug-likeness (QED) is 0.293. The minimum absolute atomic E-state index is 0.0426. The van der Waals surface area contributed by atoms with Crippen molar-refractivity contribution in [2.24, 2.45) is 7.05 Å². The van der Waals surface area contributed by atoms with Gasteiger partial charge in [-0.25, -0.2) is 9.18 Å². The van der Waals surface area contributed by atoms with Gasteiger partial charge in [-0.15, -0.1) is 0 Å². The third kappa shape index (κ3) is 5.52. The van der Waals surface area contributed by atoms with E-state index < -0.39 is 17.8 Å². The van der Waals surface area contributed by atoms with Crippen molar-refractivity contribution in [1.82, 2.24) is 9.88 Å². The van der Waals surface area contributed by atoms with E-state index in [9.17, 15) is 14.4 Å². The highest BCUT2D eigenvalue weighted by Gasteiger charge is 2.18. The Bertz CT molecular complexity index is 1640. The molecule has 4 rings (SSSR count). The van der Waals surface area contributed by atoms with Crippen molar-refractivity contribution in [2.45, 2.75) is 20.4 Å². The van der Waals surface area contributed by atoms with Crippen molar-refractivity contribution in [1.29, 1.82) is 0 Å². The molecule has 0 unspecified atom stereocenters. The molecule has 0 radical (unpaired) electrons. The highest BCUT2D eigenvalue weighted by Crippen LogP contribution is 2.37. The van der Waals surface area contributed by atoms with Gasteiger partial charge in [-0.3, -0.25) is 9.59 Å². The summed E-state index contributed by atoms with van der Waals surface area (Å²) in [5, 5.41) is 13.9. The number of ether oxygens (including phenoxy) is 1. The van der Waals surface area contributed by atoms with Crippen LogP contribution >= 0.6 is 0 Å². The first-order valence-corrected chi connectivity index (χ1v) is 12.1. The number of carboxylic acid groups (broad SMARTS) is 1. The van der Waals surface area contributed by atoms with Crippen LogP contribution in [0.15, 0.2) is 71.7 Å². The minimum atomic E-state index is -1.26. The molecule has 0 aliphatic rings. The van der Waals surface area contributed by atoms with Gasteiger partial charge >= 0.3 is 6.09 Å². The number of carbonyl (C=O) groups excluding carboxylic acids is 1. The number of hydrogen-bond donors (Lipinski definition) is 3. The smallest absolute Gasteiger partial charge is 0.404 e. The number of aryl methyl sites for hydroxylation is 1. The number of methoxy groups -OCH3 is 1. The maximum atomic E-state index is 15.0. The van der Waals surface area contributed by atoms with Gasteiger partial charge in [0.1, 0.15) is 17.1 Å². The van der Waals surface area contributed by atoms with E-state index >= 15 is 4.39 Å². The van der Waals surface area contributed by atoms with E-state index in [1.54, 1.807) is 31.4 Å². The van der Waals surface area contributed by atoms with E-state index in [2.05, 4.69) is 10.6 Å². The monoisotopic (exact) mass is 529 g/mol. The standard InChI is InChI=1S/C30H28FN3O5/c1-17-20(19-14-25(31)24(16-32-30(37)38)27(15-19)39-4)8-5-9-21(17)22-10-6-12-26(18(22)2)33-28(35)23-11-7-13-34(3)29(23)36/h5-15,32H,16H2,1-4H3,(H,33,35)(H,37,38). The zero-order chi connectivity index (χ0) is 28.3. The number of pyridine rings is 1. The molecule has 0 bridgehead atoms. The van der Waals surface area contributed by atoms with Crippen LogP contribution in [-0.2, 0) is 13.6 Å². The molecule has 8 nitrogen and oxygen atoms in total. The number of rotatable bonds is 7. The second kappa shape index (κ2) is 11.2. The molecule has 0 fully saturated rings. The normalized spacial score (nSPS) is 10.7. The fourth-order valence-corrected chi connectivity index (χ4v) is 4.55. The zero-order valence-corrected chi connectivity index (χ0v) is 22.0. The van der Waals surface area contributed by atoms with Gasteiger partial charge in [0.2, 0.25) is 0 Å². The van der Waals surface area contributed by atoms with Crippen LogP contribution in [-0.4, -0.2) is 28.8 Å². The Hall–Kier alpha value is -4.92. The van der Waals surface area contributed by atoms with E-state index in [-0.39, 0.29) is 29.0 Å². The molecule has 3 aromatic carbocycles. The van der Waals surface area contributed by atoms with Crippen LogP contribution in [0.1, 0.15) is 27.0 Å². The van der Waals surface area contributed by atoms with Gasteiger partial charge < -0.3 is 25.0 Å². The number of benzene rings is 3. The third-order valence-electron chi connectivity index (χ3n) is 6.68. The minimum Gasteiger partial charge on any atom is -0.496 e. The van der Waals surface area contributed by atoms with Crippen LogP contribution in [0.3, 0.4) is 0 Å². The predicted molar refractivity (Wildman–Crippen MR) is 148 cm³/mol. The molecule has 0 spiro atoms. The van der Waals surface area contributed by atoms with Crippen molar-refractivity contribution in [2.75, 3.05) is 12.4 Å². The number of halogens is 1. The number of hydrogen-bond acceptors (Lipinski definition) is 4. The molecule has 2 amide bonds. The Morgan fingerprint density at radius 1 is 0.974 bits per heavy atom. The second-order valence-electron chi connectivity index (χ2n) is 9.05. The maximum Gasteiger partial charge on any atom is 0.404 e. The number of aromatic nitrogens is 1. The van der Waals surface area contributed by atoms with Crippen molar-refractivity contribution < 1.29 is 23.8 Å². The molecule has 0 saturated heterocycles. The van der Waals surface area contributed by atoms with Crippen LogP contribution < -0.4 is 20.9 Å². The molecule has 3 N–H and O–H groups in total. The molecule has 4 aromatic rings. The van der Waals surface area contributed by atoms with Gasteiger partial charge in [-0.05, 0) is 77.6 Å². The van der Waals surface area contributed by atoms with Crippen molar-refractivity contribution >= 4 is 17.7 Å². The number of nitrogens with zero attached hydrogens (tertiary/aromatic N) is 1.